The molecule has 2 rings (SSSR count). The summed E-state index contributed by atoms with van der Waals surface area (Å²) in [5, 5.41) is 19.1. The van der Waals surface area contributed by atoms with Gasteiger partial charge in [-0.2, -0.15) is 10.5 Å². The number of nitriles is 2. The zero-order valence-electron chi connectivity index (χ0n) is 18.2. The summed E-state index contributed by atoms with van der Waals surface area (Å²) in [5.74, 6) is 0. The van der Waals surface area contributed by atoms with E-state index in [-0.39, 0.29) is 5.41 Å². The average Bonchev–Trinajstić information content (AvgIpc) is 3.23. The van der Waals surface area contributed by atoms with Crippen molar-refractivity contribution < 1.29 is 0 Å². The summed E-state index contributed by atoms with van der Waals surface area (Å²) in [6.45, 7) is 12.2. The van der Waals surface area contributed by atoms with Gasteiger partial charge in [-0.3, -0.25) is 0 Å². The van der Waals surface area contributed by atoms with E-state index in [0.29, 0.717) is 18.4 Å². The summed E-state index contributed by atoms with van der Waals surface area (Å²) in [5.41, 5.74) is 3.74. The Morgan fingerprint density at radius 1 is 1.21 bits per heavy atom. The van der Waals surface area contributed by atoms with Crippen LogP contribution in [0.15, 0.2) is 47.1 Å². The third-order valence-corrected chi connectivity index (χ3v) is 5.60. The van der Waals surface area contributed by atoms with Gasteiger partial charge in [0.2, 0.25) is 0 Å². The molecule has 154 valence electrons. The van der Waals surface area contributed by atoms with E-state index < -0.39 is 0 Å². The minimum Gasteiger partial charge on any atom is -0.303 e. The number of rotatable bonds is 9. The number of terminal acetylenes is 1. The van der Waals surface area contributed by atoms with Gasteiger partial charge in [0.15, 0.2) is 0 Å². The third-order valence-electron chi connectivity index (χ3n) is 5.60. The molecular formula is C26H35N3. The van der Waals surface area contributed by atoms with Crippen LogP contribution in [0.2, 0.25) is 0 Å². The van der Waals surface area contributed by atoms with Crippen LogP contribution in [0, 0.1) is 40.9 Å². The van der Waals surface area contributed by atoms with Gasteiger partial charge in [0, 0.05) is 0 Å². The summed E-state index contributed by atoms with van der Waals surface area (Å²) >= 11 is 0. The number of nitrogens with zero attached hydrogens (tertiary/aromatic N) is 3. The van der Waals surface area contributed by atoms with E-state index in [2.05, 4.69) is 68.5 Å². The Kier molecular flexibility index (Phi) is 10.8. The van der Waals surface area contributed by atoms with Crippen molar-refractivity contribution in [1.82, 2.24) is 4.90 Å². The fourth-order valence-corrected chi connectivity index (χ4v) is 4.01. The summed E-state index contributed by atoms with van der Waals surface area (Å²) in [4.78, 5) is 2.53. The molecule has 0 atom stereocenters. The van der Waals surface area contributed by atoms with E-state index in [1.54, 1.807) is 0 Å². The molecule has 0 bridgehead atoms. The molecule has 1 fully saturated rings. The van der Waals surface area contributed by atoms with Crippen LogP contribution in [-0.2, 0) is 0 Å². The van der Waals surface area contributed by atoms with E-state index in [1.165, 1.54) is 31.5 Å². The van der Waals surface area contributed by atoms with Crippen molar-refractivity contribution in [2.45, 2.75) is 65.2 Å². The Labute approximate surface area is 178 Å². The molecule has 29 heavy (non-hydrogen) atoms. The Bertz CT molecular complexity index is 741. The van der Waals surface area contributed by atoms with Crippen LogP contribution in [-0.4, -0.2) is 24.5 Å². The molecule has 0 aromatic heterocycles. The first kappa shape index (κ1) is 24.5. The molecule has 0 saturated carbocycles. The lowest BCUT2D eigenvalue weighted by Crippen LogP contribution is -2.26. The Balaban J connectivity index is 0.00000204. The van der Waals surface area contributed by atoms with E-state index in [4.69, 9.17) is 0 Å². The first-order chi connectivity index (χ1) is 13.9. The predicted octanol–water partition coefficient (Wildman–Crippen LogP) is 6.09. The summed E-state index contributed by atoms with van der Waals surface area (Å²) < 4.78 is 0. The van der Waals surface area contributed by atoms with E-state index >= 15 is 0 Å². The maximum Gasteiger partial charge on any atom is 0.0994 e. The maximum atomic E-state index is 9.80. The van der Waals surface area contributed by atoms with E-state index in [0.717, 1.165) is 43.4 Å². The maximum absolute atomic E-state index is 9.80. The van der Waals surface area contributed by atoms with Crippen LogP contribution >= 0.6 is 0 Å². The highest BCUT2D eigenvalue weighted by atomic mass is 15.1. The summed E-state index contributed by atoms with van der Waals surface area (Å²) in [6.07, 6.45) is 22.2. The smallest absolute Gasteiger partial charge is 0.0994 e. The highest BCUT2D eigenvalue weighted by Gasteiger charge is 2.24. The zero-order valence-corrected chi connectivity index (χ0v) is 18.2. The molecule has 1 saturated heterocycles. The van der Waals surface area contributed by atoms with Crippen molar-refractivity contribution in [1.29, 1.82) is 10.5 Å². The summed E-state index contributed by atoms with van der Waals surface area (Å²) in [7, 11) is 0. The molecule has 0 radical (unpaired) electrons. The standard InChI is InChI=1S/C24H33N3.C2H2/c1-20(17-21-9-5-4-6-10-21)23(19-26)22(11-13-25)18-24(2,3)12-16-27-14-7-8-15-27;1-2/h5,9-10H,1,4,6-8,11-12,14-18H2,2-3H3;1-2H/b23-22-;. The molecule has 3 nitrogen and oxygen atoms in total. The third kappa shape index (κ3) is 8.56. The molecule has 0 spiro atoms. The lowest BCUT2D eigenvalue weighted by Gasteiger charge is -2.29. The van der Waals surface area contributed by atoms with Crippen LogP contribution in [0.4, 0.5) is 0 Å². The highest BCUT2D eigenvalue weighted by Crippen LogP contribution is 2.35. The van der Waals surface area contributed by atoms with Crippen LogP contribution in [0.1, 0.15) is 65.2 Å². The van der Waals surface area contributed by atoms with Gasteiger partial charge in [-0.15, -0.1) is 12.8 Å². The molecule has 0 unspecified atom stereocenters. The van der Waals surface area contributed by atoms with E-state index in [1.807, 2.05) is 0 Å². The monoisotopic (exact) mass is 389 g/mol. The molecule has 3 heteroatoms. The fourth-order valence-electron chi connectivity index (χ4n) is 4.01. The number of hydrogen-bond acceptors (Lipinski definition) is 3. The zero-order chi connectivity index (χ0) is 21.7. The Morgan fingerprint density at radius 2 is 1.90 bits per heavy atom. The quantitative estimate of drug-likeness (QED) is 0.272. The second kappa shape index (κ2) is 12.8. The molecule has 0 N–H and O–H groups in total. The molecule has 0 aromatic rings. The van der Waals surface area contributed by atoms with Gasteiger partial charge in [0.25, 0.3) is 0 Å². The highest BCUT2D eigenvalue weighted by molar-refractivity contribution is 5.48. The van der Waals surface area contributed by atoms with Crippen LogP contribution in [0.5, 0.6) is 0 Å². The van der Waals surface area contributed by atoms with Crippen LogP contribution in [0.3, 0.4) is 0 Å². The minimum atomic E-state index is 0.0706. The molecule has 0 amide bonds. The van der Waals surface area contributed by atoms with Gasteiger partial charge < -0.3 is 4.90 Å². The first-order valence-electron chi connectivity index (χ1n) is 10.5. The molecule has 1 heterocycles. The van der Waals surface area contributed by atoms with E-state index in [9.17, 15) is 10.5 Å². The number of likely N-dealkylation sites (tertiary alicyclic amines) is 1. The molecule has 0 aromatic carbocycles. The normalized spacial score (nSPS) is 17.2. The van der Waals surface area contributed by atoms with Crippen molar-refractivity contribution in [3.05, 3.63) is 47.1 Å². The number of allylic oxidation sites excluding steroid dienone is 7. The van der Waals surface area contributed by atoms with Crippen molar-refractivity contribution in [2.24, 2.45) is 5.41 Å². The van der Waals surface area contributed by atoms with Gasteiger partial charge in [-0.1, -0.05) is 38.7 Å². The van der Waals surface area contributed by atoms with Gasteiger partial charge in [0.1, 0.15) is 0 Å². The average molecular weight is 390 g/mol. The topological polar surface area (TPSA) is 50.8 Å². The minimum absolute atomic E-state index is 0.0706. The van der Waals surface area contributed by atoms with Crippen molar-refractivity contribution in [3.63, 3.8) is 0 Å². The van der Waals surface area contributed by atoms with Crippen molar-refractivity contribution in [3.8, 4) is 25.0 Å². The SMILES string of the molecule is C#C.C=C(CC1=CCCC=C1)/C(C#N)=C(/CC#N)CC(C)(C)CCN1CCCC1. The molecular weight excluding hydrogens is 354 g/mol. The van der Waals surface area contributed by atoms with Gasteiger partial charge in [-0.25, -0.2) is 0 Å². The van der Waals surface area contributed by atoms with Gasteiger partial charge >= 0.3 is 0 Å². The lowest BCUT2D eigenvalue weighted by molar-refractivity contribution is 0.246. The lowest BCUT2D eigenvalue weighted by atomic mass is 9.79. The van der Waals surface area contributed by atoms with Crippen LogP contribution in [0.25, 0.3) is 0 Å². The predicted molar refractivity (Wildman–Crippen MR) is 122 cm³/mol. The van der Waals surface area contributed by atoms with Crippen LogP contribution < -0.4 is 0 Å². The van der Waals surface area contributed by atoms with Gasteiger partial charge in [0.05, 0.1) is 24.1 Å². The summed E-state index contributed by atoms with van der Waals surface area (Å²) in [6, 6.07) is 4.64. The Morgan fingerprint density at radius 3 is 2.45 bits per heavy atom. The second-order valence-electron chi connectivity index (χ2n) is 8.60. The largest absolute Gasteiger partial charge is 0.303 e. The second-order valence-corrected chi connectivity index (χ2v) is 8.60. The molecule has 1 aliphatic carbocycles. The van der Waals surface area contributed by atoms with Crippen molar-refractivity contribution in [2.75, 3.05) is 19.6 Å². The molecule has 1 aliphatic heterocycles. The van der Waals surface area contributed by atoms with Gasteiger partial charge in [-0.05, 0) is 86.7 Å². The number of hydrogen-bond donors (Lipinski definition) is 0. The van der Waals surface area contributed by atoms with Crippen molar-refractivity contribution >= 4 is 0 Å². The first-order valence-corrected chi connectivity index (χ1v) is 10.5. The Hall–Kier alpha value is -2.54. The molecule has 2 aliphatic rings. The fraction of sp³-hybridized carbons (Fsp3) is 0.538.